The van der Waals surface area contributed by atoms with Crippen molar-refractivity contribution in [3.8, 4) is 0 Å². The normalized spacial score (nSPS) is 15.8. The molecule has 1 fully saturated rings. The SMILES string of the molecule is CC(NC(=O)C(C)(C)C(=O)N1CCN(c2ncccn2)CC1)c1ccccc1. The lowest BCUT2D eigenvalue weighted by atomic mass is 9.89. The summed E-state index contributed by atoms with van der Waals surface area (Å²) >= 11 is 0. The van der Waals surface area contributed by atoms with Gasteiger partial charge in [-0.05, 0) is 32.4 Å². The number of benzene rings is 1. The molecule has 28 heavy (non-hydrogen) atoms. The van der Waals surface area contributed by atoms with Crippen LogP contribution in [0.15, 0.2) is 48.8 Å². The van der Waals surface area contributed by atoms with Crippen molar-refractivity contribution in [3.05, 3.63) is 54.4 Å². The molecular weight excluding hydrogens is 354 g/mol. The summed E-state index contributed by atoms with van der Waals surface area (Å²) in [5.41, 5.74) is -0.121. The molecule has 1 aromatic heterocycles. The van der Waals surface area contributed by atoms with Crippen molar-refractivity contribution >= 4 is 17.8 Å². The maximum atomic E-state index is 13.0. The molecule has 2 aromatic rings. The standard InChI is InChI=1S/C21H27N5O2/c1-16(17-8-5-4-6-9-17)24-18(27)21(2,3)19(28)25-12-14-26(15-13-25)20-22-10-7-11-23-20/h4-11,16H,12-15H2,1-3H3,(H,24,27). The van der Waals surface area contributed by atoms with Gasteiger partial charge in [0.15, 0.2) is 0 Å². The lowest BCUT2D eigenvalue weighted by Crippen LogP contribution is -2.55. The Morgan fingerprint density at radius 2 is 1.61 bits per heavy atom. The predicted molar refractivity (Wildman–Crippen MR) is 108 cm³/mol. The fraction of sp³-hybridized carbons (Fsp3) is 0.429. The first-order chi connectivity index (χ1) is 13.4. The Morgan fingerprint density at radius 3 is 2.21 bits per heavy atom. The molecule has 148 valence electrons. The van der Waals surface area contributed by atoms with E-state index in [-0.39, 0.29) is 17.9 Å². The number of anilines is 1. The number of amides is 2. The highest BCUT2D eigenvalue weighted by Crippen LogP contribution is 2.23. The van der Waals surface area contributed by atoms with Crippen LogP contribution in [0.3, 0.4) is 0 Å². The Balaban J connectivity index is 1.59. The van der Waals surface area contributed by atoms with Gasteiger partial charge in [0.1, 0.15) is 5.41 Å². The lowest BCUT2D eigenvalue weighted by molar-refractivity contribution is -0.149. The summed E-state index contributed by atoms with van der Waals surface area (Å²) in [6.07, 6.45) is 3.42. The smallest absolute Gasteiger partial charge is 0.237 e. The Kier molecular flexibility index (Phi) is 5.92. The van der Waals surface area contributed by atoms with Crippen molar-refractivity contribution in [3.63, 3.8) is 0 Å². The summed E-state index contributed by atoms with van der Waals surface area (Å²) in [6.45, 7) is 7.68. The Bertz CT molecular complexity index is 802. The van der Waals surface area contributed by atoms with E-state index in [1.165, 1.54) is 0 Å². The molecule has 1 N–H and O–H groups in total. The summed E-state index contributed by atoms with van der Waals surface area (Å²) in [4.78, 5) is 38.2. The molecule has 1 unspecified atom stereocenters. The lowest BCUT2D eigenvalue weighted by Gasteiger charge is -2.38. The molecule has 1 aliphatic rings. The van der Waals surface area contributed by atoms with Gasteiger partial charge in [0.05, 0.1) is 6.04 Å². The number of carbonyl (C=O) groups is 2. The second kappa shape index (κ2) is 8.37. The molecule has 0 radical (unpaired) electrons. The number of hydrogen-bond donors (Lipinski definition) is 1. The minimum absolute atomic E-state index is 0.154. The number of piperazine rings is 1. The van der Waals surface area contributed by atoms with Crippen LogP contribution < -0.4 is 10.2 Å². The summed E-state index contributed by atoms with van der Waals surface area (Å²) in [5, 5.41) is 2.97. The Labute approximate surface area is 165 Å². The molecule has 7 heteroatoms. The van der Waals surface area contributed by atoms with Crippen LogP contribution in [0.2, 0.25) is 0 Å². The van der Waals surface area contributed by atoms with Crippen molar-refractivity contribution in [1.29, 1.82) is 0 Å². The zero-order valence-corrected chi connectivity index (χ0v) is 16.6. The third kappa shape index (κ3) is 4.30. The third-order valence-corrected chi connectivity index (χ3v) is 5.15. The van der Waals surface area contributed by atoms with Crippen molar-refractivity contribution < 1.29 is 9.59 Å². The van der Waals surface area contributed by atoms with Gasteiger partial charge in [-0.25, -0.2) is 9.97 Å². The molecule has 0 spiro atoms. The van der Waals surface area contributed by atoms with E-state index >= 15 is 0 Å². The topological polar surface area (TPSA) is 78.4 Å². The van der Waals surface area contributed by atoms with Gasteiger partial charge in [-0.1, -0.05) is 30.3 Å². The van der Waals surface area contributed by atoms with Crippen molar-refractivity contribution in [2.24, 2.45) is 5.41 Å². The van der Waals surface area contributed by atoms with Crippen LogP contribution in [-0.2, 0) is 9.59 Å². The molecule has 3 rings (SSSR count). The number of carbonyl (C=O) groups excluding carboxylic acids is 2. The molecule has 0 saturated carbocycles. The van der Waals surface area contributed by atoms with Gasteiger partial charge in [0, 0.05) is 38.6 Å². The van der Waals surface area contributed by atoms with E-state index in [0.717, 1.165) is 5.56 Å². The average Bonchev–Trinajstić information content (AvgIpc) is 2.74. The summed E-state index contributed by atoms with van der Waals surface area (Å²) in [7, 11) is 0. The van der Waals surface area contributed by atoms with Gasteiger partial charge in [-0.2, -0.15) is 0 Å². The fourth-order valence-corrected chi connectivity index (χ4v) is 3.26. The largest absolute Gasteiger partial charge is 0.349 e. The van der Waals surface area contributed by atoms with E-state index in [1.54, 1.807) is 37.2 Å². The molecule has 7 nitrogen and oxygen atoms in total. The van der Waals surface area contributed by atoms with Crippen molar-refractivity contribution in [2.45, 2.75) is 26.8 Å². The molecule has 1 aliphatic heterocycles. The van der Waals surface area contributed by atoms with E-state index in [4.69, 9.17) is 0 Å². The molecule has 1 aromatic carbocycles. The quantitative estimate of drug-likeness (QED) is 0.802. The van der Waals surface area contributed by atoms with Gasteiger partial charge >= 0.3 is 0 Å². The first-order valence-electron chi connectivity index (χ1n) is 9.57. The zero-order valence-electron chi connectivity index (χ0n) is 16.6. The maximum Gasteiger partial charge on any atom is 0.237 e. The highest BCUT2D eigenvalue weighted by atomic mass is 16.2. The highest BCUT2D eigenvalue weighted by molar-refractivity contribution is 6.04. The highest BCUT2D eigenvalue weighted by Gasteiger charge is 2.40. The first-order valence-corrected chi connectivity index (χ1v) is 9.57. The van der Waals surface area contributed by atoms with E-state index in [2.05, 4.69) is 15.3 Å². The van der Waals surface area contributed by atoms with Crippen molar-refractivity contribution in [2.75, 3.05) is 31.1 Å². The average molecular weight is 381 g/mol. The van der Waals surface area contributed by atoms with Crippen LogP contribution in [0.25, 0.3) is 0 Å². The molecular formula is C21H27N5O2. The van der Waals surface area contributed by atoms with Crippen LogP contribution in [0, 0.1) is 5.41 Å². The summed E-state index contributed by atoms with van der Waals surface area (Å²) < 4.78 is 0. The number of hydrogen-bond acceptors (Lipinski definition) is 5. The molecule has 2 amide bonds. The number of aromatic nitrogens is 2. The number of nitrogens with one attached hydrogen (secondary N) is 1. The third-order valence-electron chi connectivity index (χ3n) is 5.15. The first kappa shape index (κ1) is 19.8. The van der Waals surface area contributed by atoms with Crippen LogP contribution in [0.1, 0.15) is 32.4 Å². The number of nitrogens with zero attached hydrogens (tertiary/aromatic N) is 4. The van der Waals surface area contributed by atoms with Crippen LogP contribution in [-0.4, -0.2) is 52.9 Å². The van der Waals surface area contributed by atoms with E-state index < -0.39 is 5.41 Å². The summed E-state index contributed by atoms with van der Waals surface area (Å²) in [6, 6.07) is 11.4. The monoisotopic (exact) mass is 381 g/mol. The van der Waals surface area contributed by atoms with E-state index in [0.29, 0.717) is 32.1 Å². The van der Waals surface area contributed by atoms with Gasteiger partial charge in [-0.15, -0.1) is 0 Å². The summed E-state index contributed by atoms with van der Waals surface area (Å²) in [5.74, 6) is 0.254. The second-order valence-electron chi connectivity index (χ2n) is 7.56. The van der Waals surface area contributed by atoms with E-state index in [1.807, 2.05) is 42.2 Å². The zero-order chi connectivity index (χ0) is 20.1. The van der Waals surface area contributed by atoms with Gasteiger partial charge < -0.3 is 15.1 Å². The maximum absolute atomic E-state index is 13.0. The Morgan fingerprint density at radius 1 is 1.00 bits per heavy atom. The second-order valence-corrected chi connectivity index (χ2v) is 7.56. The number of rotatable bonds is 5. The molecule has 0 bridgehead atoms. The van der Waals surface area contributed by atoms with Gasteiger partial charge in [0.2, 0.25) is 17.8 Å². The molecule has 1 atom stereocenters. The van der Waals surface area contributed by atoms with Crippen molar-refractivity contribution in [1.82, 2.24) is 20.2 Å². The van der Waals surface area contributed by atoms with Crippen LogP contribution in [0.5, 0.6) is 0 Å². The predicted octanol–water partition coefficient (Wildman–Crippen LogP) is 2.03. The molecule has 2 heterocycles. The van der Waals surface area contributed by atoms with Crippen LogP contribution in [0.4, 0.5) is 5.95 Å². The van der Waals surface area contributed by atoms with Crippen LogP contribution >= 0.6 is 0 Å². The Hall–Kier alpha value is -2.96. The molecule has 1 saturated heterocycles. The van der Waals surface area contributed by atoms with E-state index in [9.17, 15) is 9.59 Å². The minimum Gasteiger partial charge on any atom is -0.349 e. The molecule has 0 aliphatic carbocycles. The minimum atomic E-state index is -1.13. The fourth-order valence-electron chi connectivity index (χ4n) is 3.26. The van der Waals surface area contributed by atoms with Gasteiger partial charge in [-0.3, -0.25) is 9.59 Å². The van der Waals surface area contributed by atoms with Gasteiger partial charge in [0.25, 0.3) is 0 Å².